The van der Waals surface area contributed by atoms with Crippen LogP contribution in [-0.4, -0.2) is 12.6 Å². The Labute approximate surface area is 114 Å². The lowest BCUT2D eigenvalue weighted by Crippen LogP contribution is -2.24. The lowest BCUT2D eigenvalue weighted by molar-refractivity contribution is 0.360. The first kappa shape index (κ1) is 15.5. The van der Waals surface area contributed by atoms with Gasteiger partial charge in [0, 0.05) is 12.6 Å². The highest BCUT2D eigenvalue weighted by molar-refractivity contribution is 5.25. The highest BCUT2D eigenvalue weighted by Crippen LogP contribution is 2.41. The predicted molar refractivity (Wildman–Crippen MR) is 81.8 cm³/mol. The highest BCUT2D eigenvalue weighted by Gasteiger charge is 2.27. The van der Waals surface area contributed by atoms with Gasteiger partial charge in [0.15, 0.2) is 0 Å². The lowest BCUT2D eigenvalue weighted by Gasteiger charge is -2.34. The molecule has 0 aromatic carbocycles. The van der Waals surface area contributed by atoms with Gasteiger partial charge in [-0.2, -0.15) is 0 Å². The van der Waals surface area contributed by atoms with Gasteiger partial charge in [0.05, 0.1) is 0 Å². The van der Waals surface area contributed by atoms with Crippen molar-refractivity contribution in [3.63, 3.8) is 0 Å². The minimum Gasteiger partial charge on any atom is -0.311 e. The maximum atomic E-state index is 3.48. The first-order valence-electron chi connectivity index (χ1n) is 7.41. The Morgan fingerprint density at radius 1 is 1.39 bits per heavy atom. The molecule has 18 heavy (non-hydrogen) atoms. The van der Waals surface area contributed by atoms with Gasteiger partial charge < -0.3 is 5.32 Å². The molecule has 0 aromatic rings. The van der Waals surface area contributed by atoms with Crippen LogP contribution < -0.4 is 5.32 Å². The molecule has 0 unspecified atom stereocenters. The Hall–Kier alpha value is -0.560. The molecule has 0 spiro atoms. The third-order valence-electron chi connectivity index (χ3n) is 4.13. The Bertz CT molecular complexity index is 332. The van der Waals surface area contributed by atoms with E-state index in [1.807, 2.05) is 0 Å². The van der Waals surface area contributed by atoms with E-state index in [0.29, 0.717) is 11.5 Å². The van der Waals surface area contributed by atoms with Crippen LogP contribution in [0.4, 0.5) is 0 Å². The monoisotopic (exact) mass is 249 g/mol. The Balaban J connectivity index is 2.63. The van der Waals surface area contributed by atoms with E-state index in [4.69, 9.17) is 0 Å². The molecule has 1 aliphatic carbocycles. The molecule has 0 atom stereocenters. The van der Waals surface area contributed by atoms with Crippen molar-refractivity contribution in [2.75, 3.05) is 6.54 Å². The van der Waals surface area contributed by atoms with Crippen molar-refractivity contribution in [1.82, 2.24) is 5.32 Å². The molecule has 0 aromatic heterocycles. The van der Waals surface area contributed by atoms with Gasteiger partial charge in [0.1, 0.15) is 0 Å². The van der Waals surface area contributed by atoms with E-state index in [0.717, 1.165) is 13.0 Å². The smallest absolute Gasteiger partial charge is 0.0164 e. The van der Waals surface area contributed by atoms with Gasteiger partial charge in [-0.05, 0) is 44.9 Å². The van der Waals surface area contributed by atoms with Gasteiger partial charge in [-0.25, -0.2) is 0 Å². The summed E-state index contributed by atoms with van der Waals surface area (Å²) in [5.74, 6) is 0. The van der Waals surface area contributed by atoms with Gasteiger partial charge in [-0.15, -0.1) is 0 Å². The fraction of sp³-hybridized carbons (Fsp3) is 0.765. The second-order valence-corrected chi connectivity index (χ2v) is 6.79. The number of hydrogen-bond donors (Lipinski definition) is 1. The van der Waals surface area contributed by atoms with Gasteiger partial charge in [-0.1, -0.05) is 50.5 Å². The van der Waals surface area contributed by atoms with Crippen molar-refractivity contribution in [3.05, 3.63) is 22.8 Å². The van der Waals surface area contributed by atoms with Crippen molar-refractivity contribution in [2.24, 2.45) is 5.41 Å². The standard InChI is InChI=1S/C17H31N/c1-13(2)18-12-14(3)9-10-16-15(4)8-7-11-17(16,5)6/h9,13,18H,7-8,10-12H2,1-6H3. The molecule has 1 nitrogen and oxygen atoms in total. The molecule has 0 aliphatic heterocycles. The number of nitrogens with one attached hydrogen (secondary N) is 1. The Kier molecular flexibility index (Phi) is 5.65. The van der Waals surface area contributed by atoms with E-state index in [2.05, 4.69) is 52.9 Å². The molecule has 0 bridgehead atoms. The molecule has 0 amide bonds. The van der Waals surface area contributed by atoms with E-state index in [9.17, 15) is 0 Å². The van der Waals surface area contributed by atoms with Crippen molar-refractivity contribution in [3.8, 4) is 0 Å². The van der Waals surface area contributed by atoms with Crippen LogP contribution >= 0.6 is 0 Å². The summed E-state index contributed by atoms with van der Waals surface area (Å²) >= 11 is 0. The third kappa shape index (κ3) is 4.61. The number of allylic oxidation sites excluding steroid dienone is 3. The zero-order valence-electron chi connectivity index (χ0n) is 13.2. The van der Waals surface area contributed by atoms with Crippen LogP contribution in [0.15, 0.2) is 22.8 Å². The second-order valence-electron chi connectivity index (χ2n) is 6.79. The van der Waals surface area contributed by atoms with Crippen molar-refractivity contribution in [2.45, 2.75) is 73.3 Å². The molecule has 1 rings (SSSR count). The van der Waals surface area contributed by atoms with Gasteiger partial charge >= 0.3 is 0 Å². The Morgan fingerprint density at radius 2 is 2.06 bits per heavy atom. The van der Waals surface area contributed by atoms with Crippen LogP contribution in [0.1, 0.15) is 67.2 Å². The first-order chi connectivity index (χ1) is 8.33. The van der Waals surface area contributed by atoms with Gasteiger partial charge in [-0.3, -0.25) is 0 Å². The maximum absolute atomic E-state index is 3.48. The molecule has 0 saturated heterocycles. The van der Waals surface area contributed by atoms with Gasteiger partial charge in [0.2, 0.25) is 0 Å². The molecular formula is C17H31N. The SMILES string of the molecule is CC(=CCC1=C(C)CCCC1(C)C)CNC(C)C. The molecule has 0 heterocycles. The summed E-state index contributed by atoms with van der Waals surface area (Å²) < 4.78 is 0. The summed E-state index contributed by atoms with van der Waals surface area (Å²) in [6.45, 7) is 14.8. The molecular weight excluding hydrogens is 218 g/mol. The van der Waals surface area contributed by atoms with Crippen LogP contribution in [0.5, 0.6) is 0 Å². The maximum Gasteiger partial charge on any atom is 0.0164 e. The molecule has 104 valence electrons. The molecule has 0 saturated carbocycles. The van der Waals surface area contributed by atoms with Crippen LogP contribution in [0.2, 0.25) is 0 Å². The summed E-state index contributed by atoms with van der Waals surface area (Å²) in [5, 5.41) is 3.48. The minimum atomic E-state index is 0.407. The minimum absolute atomic E-state index is 0.407. The Morgan fingerprint density at radius 3 is 2.61 bits per heavy atom. The summed E-state index contributed by atoms with van der Waals surface area (Å²) in [6, 6.07) is 0.570. The van der Waals surface area contributed by atoms with Crippen LogP contribution in [0, 0.1) is 5.41 Å². The van der Waals surface area contributed by atoms with E-state index in [-0.39, 0.29) is 0 Å². The zero-order valence-corrected chi connectivity index (χ0v) is 13.2. The number of rotatable bonds is 5. The summed E-state index contributed by atoms with van der Waals surface area (Å²) in [7, 11) is 0. The summed E-state index contributed by atoms with van der Waals surface area (Å²) in [5.41, 5.74) is 5.18. The predicted octanol–water partition coefficient (Wildman–Crippen LogP) is 4.85. The van der Waals surface area contributed by atoms with Crippen LogP contribution in [-0.2, 0) is 0 Å². The molecule has 0 fully saturated rings. The average Bonchev–Trinajstić information content (AvgIpc) is 2.24. The molecule has 1 N–H and O–H groups in total. The van der Waals surface area contributed by atoms with Crippen molar-refractivity contribution < 1.29 is 0 Å². The first-order valence-corrected chi connectivity index (χ1v) is 7.41. The van der Waals surface area contributed by atoms with E-state index in [1.165, 1.54) is 24.8 Å². The normalized spacial score (nSPS) is 20.7. The lowest BCUT2D eigenvalue weighted by atomic mass is 9.71. The third-order valence-corrected chi connectivity index (χ3v) is 4.13. The summed E-state index contributed by atoms with van der Waals surface area (Å²) in [4.78, 5) is 0. The topological polar surface area (TPSA) is 12.0 Å². The molecule has 1 heteroatoms. The average molecular weight is 249 g/mol. The van der Waals surface area contributed by atoms with Crippen LogP contribution in [0.25, 0.3) is 0 Å². The fourth-order valence-electron chi connectivity index (χ4n) is 2.84. The number of hydrogen-bond acceptors (Lipinski definition) is 1. The second kappa shape index (κ2) is 6.56. The van der Waals surface area contributed by atoms with E-state index in [1.54, 1.807) is 11.1 Å². The highest BCUT2D eigenvalue weighted by atomic mass is 14.9. The molecule has 1 aliphatic rings. The van der Waals surface area contributed by atoms with E-state index >= 15 is 0 Å². The van der Waals surface area contributed by atoms with Crippen molar-refractivity contribution in [1.29, 1.82) is 0 Å². The van der Waals surface area contributed by atoms with Crippen LogP contribution in [0.3, 0.4) is 0 Å². The largest absolute Gasteiger partial charge is 0.311 e. The van der Waals surface area contributed by atoms with Crippen molar-refractivity contribution >= 4 is 0 Å². The summed E-state index contributed by atoms with van der Waals surface area (Å²) in [6.07, 6.45) is 7.57. The quantitative estimate of drug-likeness (QED) is 0.687. The van der Waals surface area contributed by atoms with Gasteiger partial charge in [0.25, 0.3) is 0 Å². The fourth-order valence-corrected chi connectivity index (χ4v) is 2.84. The zero-order chi connectivity index (χ0) is 13.8. The molecule has 0 radical (unpaired) electrons. The van der Waals surface area contributed by atoms with E-state index < -0.39 is 0 Å².